The number of rotatable bonds is 3. The quantitative estimate of drug-likeness (QED) is 0.685. The van der Waals surface area contributed by atoms with Crippen LogP contribution in [0, 0.1) is 13.8 Å². The Bertz CT molecular complexity index is 867. The second-order valence-electron chi connectivity index (χ2n) is 6.09. The maximum absolute atomic E-state index is 12.7. The lowest BCUT2D eigenvalue weighted by Crippen LogP contribution is -2.27. The van der Waals surface area contributed by atoms with Crippen molar-refractivity contribution in [2.24, 2.45) is 0 Å². The highest BCUT2D eigenvalue weighted by Gasteiger charge is 2.15. The van der Waals surface area contributed by atoms with Gasteiger partial charge in [0.25, 0.3) is 5.91 Å². The predicted octanol–water partition coefficient (Wildman–Crippen LogP) is 4.73. The number of carbonyl (C=O) groups excluding carboxylic acids is 1. The molecule has 3 rings (SSSR count). The van der Waals surface area contributed by atoms with Crippen molar-refractivity contribution in [3.63, 3.8) is 0 Å². The van der Waals surface area contributed by atoms with Crippen LogP contribution < -0.4 is 0 Å². The average molecular weight is 303 g/mol. The number of benzene rings is 3. The fourth-order valence-electron chi connectivity index (χ4n) is 2.87. The Hall–Kier alpha value is -2.61. The highest BCUT2D eigenvalue weighted by Crippen LogP contribution is 2.19. The molecule has 0 aliphatic heterocycles. The summed E-state index contributed by atoms with van der Waals surface area (Å²) < 4.78 is 0. The Kier molecular flexibility index (Phi) is 4.16. The molecule has 1 amide bonds. The van der Waals surface area contributed by atoms with Gasteiger partial charge in [-0.3, -0.25) is 4.79 Å². The van der Waals surface area contributed by atoms with Gasteiger partial charge in [0.05, 0.1) is 0 Å². The Morgan fingerprint density at radius 3 is 2.43 bits per heavy atom. The lowest BCUT2D eigenvalue weighted by Gasteiger charge is -2.19. The molecular weight excluding hydrogens is 282 g/mol. The van der Waals surface area contributed by atoms with Crippen molar-refractivity contribution in [2.45, 2.75) is 20.4 Å². The number of hydrogen-bond donors (Lipinski definition) is 0. The van der Waals surface area contributed by atoms with Crippen molar-refractivity contribution in [2.75, 3.05) is 7.05 Å². The van der Waals surface area contributed by atoms with Gasteiger partial charge in [0.2, 0.25) is 0 Å². The minimum absolute atomic E-state index is 0.0689. The Balaban J connectivity index is 1.83. The first-order chi connectivity index (χ1) is 11.1. The van der Waals surface area contributed by atoms with E-state index >= 15 is 0 Å². The zero-order chi connectivity index (χ0) is 16.4. The highest BCUT2D eigenvalue weighted by molar-refractivity contribution is 5.95. The van der Waals surface area contributed by atoms with Gasteiger partial charge >= 0.3 is 0 Å². The molecule has 116 valence electrons. The molecule has 2 nitrogen and oxygen atoms in total. The Morgan fingerprint density at radius 2 is 1.65 bits per heavy atom. The second kappa shape index (κ2) is 6.25. The lowest BCUT2D eigenvalue weighted by molar-refractivity contribution is 0.0784. The van der Waals surface area contributed by atoms with Crippen LogP contribution in [0.15, 0.2) is 60.7 Å². The van der Waals surface area contributed by atoms with E-state index in [4.69, 9.17) is 0 Å². The third-order valence-electron chi connectivity index (χ3n) is 4.42. The number of fused-ring (bicyclic) bond motifs is 1. The van der Waals surface area contributed by atoms with Crippen LogP contribution in [0.2, 0.25) is 0 Å². The van der Waals surface area contributed by atoms with Gasteiger partial charge in [-0.05, 0) is 53.4 Å². The maximum atomic E-state index is 12.7. The van der Waals surface area contributed by atoms with Crippen LogP contribution in [0.1, 0.15) is 27.0 Å². The molecule has 0 aliphatic carbocycles. The number of amides is 1. The van der Waals surface area contributed by atoms with E-state index in [0.717, 1.165) is 22.3 Å². The molecule has 23 heavy (non-hydrogen) atoms. The number of aryl methyl sites for hydroxylation is 1. The SMILES string of the molecule is Cc1cccc(C(=O)N(C)Cc2ccc3ccccc3c2)c1C. The molecule has 0 fully saturated rings. The van der Waals surface area contributed by atoms with Crippen LogP contribution in [0.3, 0.4) is 0 Å². The van der Waals surface area contributed by atoms with Gasteiger partial charge in [-0.25, -0.2) is 0 Å². The monoisotopic (exact) mass is 303 g/mol. The fourth-order valence-corrected chi connectivity index (χ4v) is 2.87. The summed E-state index contributed by atoms with van der Waals surface area (Å²) in [7, 11) is 1.86. The van der Waals surface area contributed by atoms with Crippen molar-refractivity contribution in [3.8, 4) is 0 Å². The Morgan fingerprint density at radius 1 is 0.913 bits per heavy atom. The minimum Gasteiger partial charge on any atom is -0.337 e. The molecule has 0 N–H and O–H groups in total. The van der Waals surface area contributed by atoms with Crippen molar-refractivity contribution < 1.29 is 4.79 Å². The van der Waals surface area contributed by atoms with E-state index in [2.05, 4.69) is 30.3 Å². The summed E-state index contributed by atoms with van der Waals surface area (Å²) >= 11 is 0. The molecule has 0 heterocycles. The van der Waals surface area contributed by atoms with Crippen molar-refractivity contribution in [3.05, 3.63) is 82.9 Å². The zero-order valence-corrected chi connectivity index (χ0v) is 13.8. The summed E-state index contributed by atoms with van der Waals surface area (Å²) in [6.07, 6.45) is 0. The largest absolute Gasteiger partial charge is 0.337 e. The third-order valence-corrected chi connectivity index (χ3v) is 4.42. The first kappa shape index (κ1) is 15.3. The van der Waals surface area contributed by atoms with E-state index in [1.165, 1.54) is 10.8 Å². The van der Waals surface area contributed by atoms with E-state index in [-0.39, 0.29) is 5.91 Å². The number of nitrogens with zero attached hydrogens (tertiary/aromatic N) is 1. The van der Waals surface area contributed by atoms with Crippen molar-refractivity contribution in [1.82, 2.24) is 4.90 Å². The molecule has 0 saturated carbocycles. The topological polar surface area (TPSA) is 20.3 Å². The van der Waals surface area contributed by atoms with E-state index in [1.807, 2.05) is 51.2 Å². The molecule has 3 aromatic rings. The first-order valence-electron chi connectivity index (χ1n) is 7.85. The summed E-state index contributed by atoms with van der Waals surface area (Å²) in [6.45, 7) is 4.65. The summed E-state index contributed by atoms with van der Waals surface area (Å²) in [5.41, 5.74) is 4.14. The maximum Gasteiger partial charge on any atom is 0.254 e. The van der Waals surface area contributed by atoms with Crippen LogP contribution >= 0.6 is 0 Å². The van der Waals surface area contributed by atoms with Gasteiger partial charge in [-0.15, -0.1) is 0 Å². The van der Waals surface area contributed by atoms with Crippen molar-refractivity contribution >= 4 is 16.7 Å². The molecule has 0 atom stereocenters. The predicted molar refractivity (Wildman–Crippen MR) is 95.7 cm³/mol. The Labute approximate surface area is 137 Å². The van der Waals surface area contributed by atoms with Crippen LogP contribution in [0.5, 0.6) is 0 Å². The molecule has 0 bridgehead atoms. The molecular formula is C21H21NO. The molecule has 0 aromatic heterocycles. The molecule has 2 heteroatoms. The van der Waals surface area contributed by atoms with Gasteiger partial charge in [0.1, 0.15) is 0 Å². The average Bonchev–Trinajstić information content (AvgIpc) is 2.56. The first-order valence-corrected chi connectivity index (χ1v) is 7.85. The molecule has 0 radical (unpaired) electrons. The van der Waals surface area contributed by atoms with Crippen molar-refractivity contribution in [1.29, 1.82) is 0 Å². The minimum atomic E-state index is 0.0689. The van der Waals surface area contributed by atoms with Gasteiger partial charge < -0.3 is 4.90 Å². The van der Waals surface area contributed by atoms with Crippen LogP contribution in [-0.2, 0) is 6.54 Å². The van der Waals surface area contributed by atoms with Crippen LogP contribution in [-0.4, -0.2) is 17.9 Å². The van der Waals surface area contributed by atoms with Gasteiger partial charge in [-0.1, -0.05) is 48.5 Å². The molecule has 0 aliphatic rings. The van der Waals surface area contributed by atoms with E-state index in [0.29, 0.717) is 6.54 Å². The number of hydrogen-bond acceptors (Lipinski definition) is 1. The second-order valence-corrected chi connectivity index (χ2v) is 6.09. The highest BCUT2D eigenvalue weighted by atomic mass is 16.2. The smallest absolute Gasteiger partial charge is 0.254 e. The zero-order valence-electron chi connectivity index (χ0n) is 13.8. The summed E-state index contributed by atoms with van der Waals surface area (Å²) in [4.78, 5) is 14.5. The number of carbonyl (C=O) groups is 1. The van der Waals surface area contributed by atoms with Crippen LogP contribution in [0.4, 0.5) is 0 Å². The van der Waals surface area contributed by atoms with Gasteiger partial charge in [0, 0.05) is 19.2 Å². The standard InChI is InChI=1S/C21H21NO/c1-15-7-6-10-20(16(15)2)21(23)22(3)14-17-11-12-18-8-4-5-9-19(18)13-17/h4-13H,14H2,1-3H3. The van der Waals surface area contributed by atoms with E-state index in [9.17, 15) is 4.79 Å². The third kappa shape index (κ3) is 3.11. The summed E-state index contributed by atoms with van der Waals surface area (Å²) in [6, 6.07) is 20.5. The van der Waals surface area contributed by atoms with E-state index in [1.54, 1.807) is 4.90 Å². The normalized spacial score (nSPS) is 10.7. The van der Waals surface area contributed by atoms with Gasteiger partial charge in [0.15, 0.2) is 0 Å². The summed E-state index contributed by atoms with van der Waals surface area (Å²) in [5.74, 6) is 0.0689. The molecule has 3 aromatic carbocycles. The lowest BCUT2D eigenvalue weighted by atomic mass is 10.0. The van der Waals surface area contributed by atoms with E-state index < -0.39 is 0 Å². The summed E-state index contributed by atoms with van der Waals surface area (Å²) in [5, 5.41) is 2.43. The molecule has 0 saturated heterocycles. The molecule has 0 unspecified atom stereocenters. The van der Waals surface area contributed by atoms with Gasteiger partial charge in [-0.2, -0.15) is 0 Å². The van der Waals surface area contributed by atoms with Crippen LogP contribution in [0.25, 0.3) is 10.8 Å². The fraction of sp³-hybridized carbons (Fsp3) is 0.190. The molecule has 0 spiro atoms.